The minimum Gasteiger partial charge on any atom is -0.350 e. The van der Waals surface area contributed by atoms with Gasteiger partial charge in [0, 0.05) is 24.7 Å². The molecule has 0 radical (unpaired) electrons. The summed E-state index contributed by atoms with van der Waals surface area (Å²) in [6.07, 6.45) is 1.77. The van der Waals surface area contributed by atoms with Crippen molar-refractivity contribution in [3.8, 4) is 11.4 Å². The quantitative estimate of drug-likeness (QED) is 0.543. The van der Waals surface area contributed by atoms with Gasteiger partial charge < -0.3 is 10.2 Å². The number of hydrogen-bond donors (Lipinski definition) is 1. The molecule has 2 rings (SSSR count). The van der Waals surface area contributed by atoms with Crippen LogP contribution >= 0.6 is 11.8 Å². The number of amides is 2. The first-order valence-corrected chi connectivity index (χ1v) is 9.97. The van der Waals surface area contributed by atoms with E-state index in [-0.39, 0.29) is 29.7 Å². The largest absolute Gasteiger partial charge is 0.350 e. The molecule has 0 aliphatic heterocycles. The Balaban J connectivity index is 2.02. The number of thioether (sulfide) groups is 1. The summed E-state index contributed by atoms with van der Waals surface area (Å²) < 4.78 is 1.92. The standard InChI is InChI=1S/C20H27N5O2S/c1-6-12-25-18(15-10-8-7-9-11-15)22-23-19(25)28-14-17(27)24(5)13-16(26)21-20(2,3)4/h6-11H,1,12-14H2,2-5H3,(H,21,26). The first kappa shape index (κ1) is 21.7. The lowest BCUT2D eigenvalue weighted by Crippen LogP contribution is -2.46. The molecule has 0 bridgehead atoms. The topological polar surface area (TPSA) is 80.1 Å². The average molecular weight is 402 g/mol. The van der Waals surface area contributed by atoms with E-state index in [0.717, 1.165) is 11.4 Å². The summed E-state index contributed by atoms with van der Waals surface area (Å²) in [5.74, 6) is 0.565. The minimum atomic E-state index is -0.329. The molecular formula is C20H27N5O2S. The summed E-state index contributed by atoms with van der Waals surface area (Å²) in [5, 5.41) is 12.0. The van der Waals surface area contributed by atoms with Crippen molar-refractivity contribution in [1.82, 2.24) is 25.0 Å². The molecule has 0 atom stereocenters. The molecule has 0 aliphatic rings. The summed E-state index contributed by atoms with van der Waals surface area (Å²) in [4.78, 5) is 25.8. The van der Waals surface area contributed by atoms with Crippen LogP contribution in [0, 0.1) is 0 Å². The number of benzene rings is 1. The second-order valence-electron chi connectivity index (χ2n) is 7.41. The van der Waals surface area contributed by atoms with E-state index in [4.69, 9.17) is 0 Å². The number of aromatic nitrogens is 3. The van der Waals surface area contributed by atoms with Crippen LogP contribution in [0.5, 0.6) is 0 Å². The number of nitrogens with one attached hydrogen (secondary N) is 1. The minimum absolute atomic E-state index is 0.0191. The van der Waals surface area contributed by atoms with Crippen molar-refractivity contribution in [2.45, 2.75) is 38.0 Å². The monoisotopic (exact) mass is 401 g/mol. The molecule has 1 aromatic carbocycles. The molecule has 1 N–H and O–H groups in total. The van der Waals surface area contributed by atoms with Crippen molar-refractivity contribution in [1.29, 1.82) is 0 Å². The number of carbonyl (C=O) groups is 2. The molecule has 0 aliphatic carbocycles. The Hall–Kier alpha value is -2.61. The van der Waals surface area contributed by atoms with Gasteiger partial charge in [-0.15, -0.1) is 16.8 Å². The van der Waals surface area contributed by atoms with Crippen molar-refractivity contribution in [3.05, 3.63) is 43.0 Å². The lowest BCUT2D eigenvalue weighted by molar-refractivity contribution is -0.133. The van der Waals surface area contributed by atoms with E-state index in [0.29, 0.717) is 11.7 Å². The van der Waals surface area contributed by atoms with E-state index >= 15 is 0 Å². The van der Waals surface area contributed by atoms with Gasteiger partial charge >= 0.3 is 0 Å². The Morgan fingerprint density at radius 1 is 1.25 bits per heavy atom. The Morgan fingerprint density at radius 3 is 2.54 bits per heavy atom. The van der Waals surface area contributed by atoms with Crippen molar-refractivity contribution < 1.29 is 9.59 Å². The summed E-state index contributed by atoms with van der Waals surface area (Å²) in [6.45, 7) is 10.1. The van der Waals surface area contributed by atoms with Crippen LogP contribution in [0.1, 0.15) is 20.8 Å². The van der Waals surface area contributed by atoms with Crippen molar-refractivity contribution in [3.63, 3.8) is 0 Å². The lowest BCUT2D eigenvalue weighted by Gasteiger charge is -2.23. The zero-order valence-electron chi connectivity index (χ0n) is 16.8. The van der Waals surface area contributed by atoms with E-state index in [1.165, 1.54) is 16.7 Å². The molecule has 2 amide bonds. The van der Waals surface area contributed by atoms with E-state index in [2.05, 4.69) is 22.1 Å². The smallest absolute Gasteiger partial charge is 0.240 e. The van der Waals surface area contributed by atoms with E-state index in [1.54, 1.807) is 13.1 Å². The molecule has 1 heterocycles. The van der Waals surface area contributed by atoms with Crippen molar-refractivity contribution in [2.75, 3.05) is 19.3 Å². The van der Waals surface area contributed by atoms with Gasteiger partial charge in [-0.05, 0) is 20.8 Å². The van der Waals surface area contributed by atoms with Crippen LogP contribution in [0.2, 0.25) is 0 Å². The van der Waals surface area contributed by atoms with Crippen LogP contribution in [0.15, 0.2) is 48.1 Å². The predicted molar refractivity (Wildman–Crippen MR) is 112 cm³/mol. The highest BCUT2D eigenvalue weighted by Gasteiger charge is 2.19. The van der Waals surface area contributed by atoms with Crippen LogP contribution in [0.25, 0.3) is 11.4 Å². The second-order valence-corrected chi connectivity index (χ2v) is 8.35. The van der Waals surface area contributed by atoms with Crippen LogP contribution in [0.4, 0.5) is 0 Å². The molecule has 1 aromatic heterocycles. The average Bonchev–Trinajstić information content (AvgIpc) is 3.01. The first-order valence-electron chi connectivity index (χ1n) is 8.98. The van der Waals surface area contributed by atoms with Gasteiger partial charge in [0.1, 0.15) is 0 Å². The molecule has 0 unspecified atom stereocenters. The van der Waals surface area contributed by atoms with Crippen molar-refractivity contribution in [2.24, 2.45) is 0 Å². The van der Waals surface area contributed by atoms with Crippen LogP contribution in [-0.2, 0) is 16.1 Å². The fraction of sp³-hybridized carbons (Fsp3) is 0.400. The molecule has 0 spiro atoms. The maximum absolute atomic E-state index is 12.4. The number of allylic oxidation sites excluding steroid dienone is 1. The molecular weight excluding hydrogens is 374 g/mol. The van der Waals surface area contributed by atoms with Gasteiger partial charge in [0.15, 0.2) is 11.0 Å². The second kappa shape index (κ2) is 9.54. The highest BCUT2D eigenvalue weighted by atomic mass is 32.2. The third-order valence-corrected chi connectivity index (χ3v) is 4.66. The molecule has 0 saturated carbocycles. The normalized spacial score (nSPS) is 11.1. The molecule has 0 fully saturated rings. The number of carbonyl (C=O) groups excluding carboxylic acids is 2. The van der Waals surface area contributed by atoms with Gasteiger partial charge in [-0.1, -0.05) is 48.2 Å². The Morgan fingerprint density at radius 2 is 1.93 bits per heavy atom. The maximum atomic E-state index is 12.4. The fourth-order valence-electron chi connectivity index (χ4n) is 2.49. The first-order chi connectivity index (χ1) is 13.2. The Bertz CT molecular complexity index is 827. The summed E-state index contributed by atoms with van der Waals surface area (Å²) in [7, 11) is 1.62. The highest BCUT2D eigenvalue weighted by Crippen LogP contribution is 2.24. The number of rotatable bonds is 8. The maximum Gasteiger partial charge on any atom is 0.240 e. The summed E-state index contributed by atoms with van der Waals surface area (Å²) >= 11 is 1.30. The third kappa shape index (κ3) is 6.23. The van der Waals surface area contributed by atoms with Crippen molar-refractivity contribution >= 4 is 23.6 Å². The van der Waals surface area contributed by atoms with Crippen LogP contribution in [-0.4, -0.2) is 56.4 Å². The predicted octanol–water partition coefficient (Wildman–Crippen LogP) is 2.60. The molecule has 0 saturated heterocycles. The Kier molecular flexibility index (Phi) is 7.39. The van der Waals surface area contributed by atoms with Gasteiger partial charge in [-0.2, -0.15) is 0 Å². The van der Waals surface area contributed by atoms with Gasteiger partial charge in [-0.25, -0.2) is 0 Å². The zero-order chi connectivity index (χ0) is 20.7. The van der Waals surface area contributed by atoms with Crippen LogP contribution < -0.4 is 5.32 Å². The number of nitrogens with zero attached hydrogens (tertiary/aromatic N) is 4. The summed E-state index contributed by atoms with van der Waals surface area (Å²) in [6, 6.07) is 9.75. The number of hydrogen-bond acceptors (Lipinski definition) is 5. The fourth-order valence-corrected chi connectivity index (χ4v) is 3.38. The number of likely N-dealkylation sites (N-methyl/N-ethyl adjacent to an activating group) is 1. The molecule has 2 aromatic rings. The SMILES string of the molecule is C=CCn1c(SCC(=O)N(C)CC(=O)NC(C)(C)C)nnc1-c1ccccc1. The lowest BCUT2D eigenvalue weighted by atomic mass is 10.1. The highest BCUT2D eigenvalue weighted by molar-refractivity contribution is 7.99. The van der Waals surface area contributed by atoms with Gasteiger partial charge in [0.25, 0.3) is 0 Å². The van der Waals surface area contributed by atoms with E-state index < -0.39 is 0 Å². The van der Waals surface area contributed by atoms with E-state index in [9.17, 15) is 9.59 Å². The van der Waals surface area contributed by atoms with Gasteiger partial charge in [-0.3, -0.25) is 14.2 Å². The molecule has 28 heavy (non-hydrogen) atoms. The molecule has 8 heteroatoms. The van der Waals surface area contributed by atoms with Gasteiger partial charge in [0.05, 0.1) is 12.3 Å². The third-order valence-electron chi connectivity index (χ3n) is 3.71. The molecule has 150 valence electrons. The van der Waals surface area contributed by atoms with Gasteiger partial charge in [0.2, 0.25) is 11.8 Å². The van der Waals surface area contributed by atoms with Crippen LogP contribution in [0.3, 0.4) is 0 Å². The zero-order valence-corrected chi connectivity index (χ0v) is 17.6. The van der Waals surface area contributed by atoms with E-state index in [1.807, 2.05) is 55.7 Å². The summed E-state index contributed by atoms with van der Waals surface area (Å²) in [5.41, 5.74) is 0.621. The molecule has 7 nitrogen and oxygen atoms in total. The Labute approximate surface area is 170 Å².